The predicted molar refractivity (Wildman–Crippen MR) is 71.7 cm³/mol. The summed E-state index contributed by atoms with van der Waals surface area (Å²) in [6.45, 7) is 0. The van der Waals surface area contributed by atoms with Crippen LogP contribution in [0.2, 0.25) is 0 Å². The highest BCUT2D eigenvalue weighted by atomic mass is 19.1. The highest BCUT2D eigenvalue weighted by molar-refractivity contribution is 6.04. The molecule has 1 amide bonds. The molecule has 0 aromatic heterocycles. The van der Waals surface area contributed by atoms with Crippen LogP contribution in [0.4, 0.5) is 24.5 Å². The van der Waals surface area contributed by atoms with Crippen LogP contribution in [0, 0.1) is 17.5 Å². The van der Waals surface area contributed by atoms with Gasteiger partial charge in [0.25, 0.3) is 5.91 Å². The third-order valence-electron chi connectivity index (χ3n) is 2.75. The van der Waals surface area contributed by atoms with Gasteiger partial charge in [0.2, 0.25) is 0 Å². The molecule has 2 aromatic rings. The zero-order valence-electron chi connectivity index (χ0n) is 10.9. The van der Waals surface area contributed by atoms with Crippen LogP contribution in [0.25, 0.3) is 0 Å². The Balaban J connectivity index is 2.24. The summed E-state index contributed by atoms with van der Waals surface area (Å²) in [5.41, 5.74) is 4.30. The fourth-order valence-electron chi connectivity index (χ4n) is 1.66. The van der Waals surface area contributed by atoms with E-state index in [1.165, 1.54) is 19.2 Å². The zero-order chi connectivity index (χ0) is 15.6. The summed E-state index contributed by atoms with van der Waals surface area (Å²) >= 11 is 0. The molecule has 2 rings (SSSR count). The number of carbonyl (C=O) groups excluding carboxylic acids is 1. The van der Waals surface area contributed by atoms with Gasteiger partial charge in [-0.3, -0.25) is 4.79 Å². The second-order valence-corrected chi connectivity index (χ2v) is 4.16. The van der Waals surface area contributed by atoms with Crippen LogP contribution in [0.1, 0.15) is 10.4 Å². The summed E-state index contributed by atoms with van der Waals surface area (Å²) in [7, 11) is 1.30. The number of benzene rings is 2. The van der Waals surface area contributed by atoms with E-state index >= 15 is 0 Å². The van der Waals surface area contributed by atoms with Gasteiger partial charge in [0.05, 0.1) is 7.11 Å². The molecule has 0 radical (unpaired) electrons. The van der Waals surface area contributed by atoms with Crippen LogP contribution in [-0.4, -0.2) is 13.0 Å². The molecule has 3 N–H and O–H groups in total. The number of carbonyl (C=O) groups is 1. The number of rotatable bonds is 3. The SMILES string of the molecule is COc1ccc(NC(=O)c2cc(F)c(N)c(F)c2)cc1F. The average Bonchev–Trinajstić information content (AvgIpc) is 2.44. The van der Waals surface area contributed by atoms with Crippen LogP contribution < -0.4 is 15.8 Å². The topological polar surface area (TPSA) is 64.3 Å². The van der Waals surface area contributed by atoms with Crippen molar-refractivity contribution in [3.63, 3.8) is 0 Å². The smallest absolute Gasteiger partial charge is 0.255 e. The first kappa shape index (κ1) is 14.7. The number of amides is 1. The van der Waals surface area contributed by atoms with Crippen molar-refractivity contribution in [3.05, 3.63) is 53.3 Å². The molecule has 0 aliphatic rings. The molecular weight excluding hydrogens is 285 g/mol. The Kier molecular flexibility index (Phi) is 4.02. The maximum absolute atomic E-state index is 13.5. The summed E-state index contributed by atoms with van der Waals surface area (Å²) in [5, 5.41) is 2.32. The molecule has 0 aliphatic carbocycles. The van der Waals surface area contributed by atoms with Gasteiger partial charge in [-0.05, 0) is 24.3 Å². The lowest BCUT2D eigenvalue weighted by Crippen LogP contribution is -2.13. The van der Waals surface area contributed by atoms with Gasteiger partial charge >= 0.3 is 0 Å². The molecule has 0 spiro atoms. The minimum Gasteiger partial charge on any atom is -0.494 e. The number of methoxy groups -OCH3 is 1. The largest absolute Gasteiger partial charge is 0.494 e. The summed E-state index contributed by atoms with van der Waals surface area (Å²) < 4.78 is 44.8. The Hall–Kier alpha value is -2.70. The third kappa shape index (κ3) is 3.07. The highest BCUT2D eigenvalue weighted by Crippen LogP contribution is 2.22. The van der Waals surface area contributed by atoms with E-state index in [1.807, 2.05) is 0 Å². The van der Waals surface area contributed by atoms with Gasteiger partial charge in [-0.1, -0.05) is 0 Å². The van der Waals surface area contributed by atoms with Gasteiger partial charge in [-0.15, -0.1) is 0 Å². The van der Waals surface area contributed by atoms with Crippen molar-refractivity contribution in [1.82, 2.24) is 0 Å². The van der Waals surface area contributed by atoms with Crippen LogP contribution >= 0.6 is 0 Å². The minimum absolute atomic E-state index is 0.0116. The van der Waals surface area contributed by atoms with E-state index in [0.717, 1.165) is 18.2 Å². The van der Waals surface area contributed by atoms with Crippen molar-refractivity contribution in [1.29, 1.82) is 0 Å². The Morgan fingerprint density at radius 2 is 1.71 bits per heavy atom. The Labute approximate surface area is 118 Å². The van der Waals surface area contributed by atoms with Crippen molar-refractivity contribution < 1.29 is 22.7 Å². The van der Waals surface area contributed by atoms with Gasteiger partial charge in [0, 0.05) is 17.3 Å². The second kappa shape index (κ2) is 5.74. The summed E-state index contributed by atoms with van der Waals surface area (Å²) in [4.78, 5) is 11.9. The van der Waals surface area contributed by atoms with Gasteiger partial charge < -0.3 is 15.8 Å². The minimum atomic E-state index is -1.04. The van der Waals surface area contributed by atoms with Gasteiger partial charge in [0.15, 0.2) is 11.6 Å². The molecule has 0 saturated carbocycles. The fourth-order valence-corrected chi connectivity index (χ4v) is 1.66. The predicted octanol–water partition coefficient (Wildman–Crippen LogP) is 2.95. The molecule has 0 bridgehead atoms. The van der Waals surface area contributed by atoms with Crippen LogP contribution in [0.5, 0.6) is 5.75 Å². The van der Waals surface area contributed by atoms with Crippen LogP contribution in [0.3, 0.4) is 0 Å². The van der Waals surface area contributed by atoms with Crippen molar-refractivity contribution in [2.75, 3.05) is 18.2 Å². The van der Waals surface area contributed by atoms with E-state index in [9.17, 15) is 18.0 Å². The van der Waals surface area contributed by atoms with Crippen LogP contribution in [-0.2, 0) is 0 Å². The van der Waals surface area contributed by atoms with Crippen molar-refractivity contribution in [3.8, 4) is 5.75 Å². The molecule has 2 aromatic carbocycles. The normalized spacial score (nSPS) is 10.3. The number of ether oxygens (including phenoxy) is 1. The molecule has 0 heterocycles. The number of nitrogens with one attached hydrogen (secondary N) is 1. The molecule has 110 valence electrons. The summed E-state index contributed by atoms with van der Waals surface area (Å²) in [5.74, 6) is -3.54. The van der Waals surface area contributed by atoms with Crippen molar-refractivity contribution in [2.24, 2.45) is 0 Å². The number of hydrogen-bond donors (Lipinski definition) is 2. The number of nitrogens with two attached hydrogens (primary N) is 1. The van der Waals surface area contributed by atoms with E-state index < -0.39 is 29.0 Å². The van der Waals surface area contributed by atoms with Gasteiger partial charge in [0.1, 0.15) is 17.3 Å². The molecule has 0 aliphatic heterocycles. The molecule has 0 atom stereocenters. The second-order valence-electron chi connectivity index (χ2n) is 4.16. The maximum Gasteiger partial charge on any atom is 0.255 e. The first-order valence-corrected chi connectivity index (χ1v) is 5.81. The van der Waals surface area contributed by atoms with Crippen LogP contribution in [0.15, 0.2) is 30.3 Å². The highest BCUT2D eigenvalue weighted by Gasteiger charge is 2.14. The molecule has 0 unspecified atom stereocenters. The number of halogens is 3. The molecule has 0 fully saturated rings. The quantitative estimate of drug-likeness (QED) is 0.856. The lowest BCUT2D eigenvalue weighted by Gasteiger charge is -2.08. The van der Waals surface area contributed by atoms with E-state index in [1.54, 1.807) is 0 Å². The average molecular weight is 296 g/mol. The Bertz CT molecular complexity index is 682. The van der Waals surface area contributed by atoms with Gasteiger partial charge in [-0.2, -0.15) is 0 Å². The fraction of sp³-hybridized carbons (Fsp3) is 0.0714. The van der Waals surface area contributed by atoms with E-state index in [4.69, 9.17) is 10.5 Å². The number of nitrogen functional groups attached to an aromatic ring is 1. The van der Waals surface area contributed by atoms with Gasteiger partial charge in [-0.25, -0.2) is 13.2 Å². The van der Waals surface area contributed by atoms with E-state index in [-0.39, 0.29) is 17.0 Å². The molecule has 21 heavy (non-hydrogen) atoms. The monoisotopic (exact) mass is 296 g/mol. The molecule has 7 heteroatoms. The number of hydrogen-bond acceptors (Lipinski definition) is 3. The lowest BCUT2D eigenvalue weighted by atomic mass is 10.1. The lowest BCUT2D eigenvalue weighted by molar-refractivity contribution is 0.102. The first-order valence-electron chi connectivity index (χ1n) is 5.81. The number of anilines is 2. The third-order valence-corrected chi connectivity index (χ3v) is 2.75. The van der Waals surface area contributed by atoms with Crippen molar-refractivity contribution in [2.45, 2.75) is 0 Å². The zero-order valence-corrected chi connectivity index (χ0v) is 10.9. The molecular formula is C14H11F3N2O2. The van der Waals surface area contributed by atoms with Crippen molar-refractivity contribution >= 4 is 17.3 Å². The van der Waals surface area contributed by atoms with E-state index in [0.29, 0.717) is 0 Å². The summed E-state index contributed by atoms with van der Waals surface area (Å²) in [6.07, 6.45) is 0. The standard InChI is InChI=1S/C14H11F3N2O2/c1-21-12-3-2-8(6-9(12)15)19-14(20)7-4-10(16)13(18)11(17)5-7/h2-6H,18H2,1H3,(H,19,20). The Morgan fingerprint density at radius 3 is 2.24 bits per heavy atom. The molecule has 0 saturated heterocycles. The molecule has 4 nitrogen and oxygen atoms in total. The summed E-state index contributed by atoms with van der Waals surface area (Å²) in [6, 6.07) is 5.33. The maximum atomic E-state index is 13.5. The first-order chi connectivity index (χ1) is 9.92. The Morgan fingerprint density at radius 1 is 1.10 bits per heavy atom. The van der Waals surface area contributed by atoms with E-state index in [2.05, 4.69) is 5.32 Å².